The van der Waals surface area contributed by atoms with Crippen LogP contribution in [0.5, 0.6) is 0 Å². The van der Waals surface area contributed by atoms with Crippen LogP contribution in [0.1, 0.15) is 60.2 Å². The van der Waals surface area contributed by atoms with Gasteiger partial charge in [0.2, 0.25) is 11.5 Å². The highest BCUT2D eigenvalue weighted by Gasteiger charge is 2.40. The average molecular weight is 237 g/mol. The summed E-state index contributed by atoms with van der Waals surface area (Å²) in [7, 11) is 0. The molecular formula is C12H15NO4. The molecule has 0 saturated carbocycles. The van der Waals surface area contributed by atoms with Gasteiger partial charge >= 0.3 is 5.97 Å². The molecule has 0 unspecified atom stereocenters. The molecule has 5 nitrogen and oxygen atoms in total. The van der Waals surface area contributed by atoms with Crippen molar-refractivity contribution in [3.8, 4) is 0 Å². The van der Waals surface area contributed by atoms with Gasteiger partial charge in [0.1, 0.15) is 0 Å². The predicted molar refractivity (Wildman–Crippen MR) is 59.1 cm³/mol. The molecule has 0 spiro atoms. The Morgan fingerprint density at radius 2 is 2.24 bits per heavy atom. The van der Waals surface area contributed by atoms with Crippen LogP contribution < -0.4 is 0 Å². The van der Waals surface area contributed by atoms with Gasteiger partial charge in [-0.05, 0) is 18.8 Å². The first-order valence-corrected chi connectivity index (χ1v) is 5.68. The lowest BCUT2D eigenvalue weighted by Gasteiger charge is -2.27. The third-order valence-corrected chi connectivity index (χ3v) is 3.07. The fraction of sp³-hybridized carbons (Fsp3) is 0.583. The fourth-order valence-electron chi connectivity index (χ4n) is 2.11. The lowest BCUT2D eigenvalue weighted by molar-refractivity contribution is 0.0511. The normalized spacial score (nSPS) is 17.7. The Balaban J connectivity index is 2.51. The Morgan fingerprint density at radius 3 is 2.88 bits per heavy atom. The number of esters is 1. The van der Waals surface area contributed by atoms with Gasteiger partial charge in [-0.2, -0.15) is 0 Å². The van der Waals surface area contributed by atoms with E-state index in [1.54, 1.807) is 6.92 Å². The van der Waals surface area contributed by atoms with Crippen molar-refractivity contribution in [1.82, 2.24) is 5.16 Å². The van der Waals surface area contributed by atoms with Crippen LogP contribution >= 0.6 is 0 Å². The monoisotopic (exact) mass is 237 g/mol. The first kappa shape index (κ1) is 11.8. The second-order valence-electron chi connectivity index (χ2n) is 4.76. The summed E-state index contributed by atoms with van der Waals surface area (Å²) in [6, 6.07) is 0. The van der Waals surface area contributed by atoms with Crippen molar-refractivity contribution in [2.24, 2.45) is 0 Å². The number of carbonyl (C=O) groups excluding carboxylic acids is 2. The first-order valence-electron chi connectivity index (χ1n) is 5.68. The van der Waals surface area contributed by atoms with Crippen molar-refractivity contribution in [2.45, 2.75) is 39.0 Å². The van der Waals surface area contributed by atoms with Gasteiger partial charge in [0.25, 0.3) is 0 Å². The van der Waals surface area contributed by atoms with Crippen LogP contribution in [-0.2, 0) is 10.2 Å². The summed E-state index contributed by atoms with van der Waals surface area (Å²) in [6.07, 6.45) is 1.11. The maximum Gasteiger partial charge on any atom is 0.360 e. The largest absolute Gasteiger partial charge is 0.461 e. The van der Waals surface area contributed by atoms with E-state index in [1.165, 1.54) is 0 Å². The highest BCUT2D eigenvalue weighted by molar-refractivity contribution is 6.00. The number of carbonyl (C=O) groups is 2. The summed E-state index contributed by atoms with van der Waals surface area (Å²) >= 11 is 0. The third kappa shape index (κ3) is 1.85. The van der Waals surface area contributed by atoms with Crippen LogP contribution in [-0.4, -0.2) is 23.5 Å². The maximum absolute atomic E-state index is 11.7. The van der Waals surface area contributed by atoms with Crippen LogP contribution in [0.2, 0.25) is 0 Å². The number of ether oxygens (including phenoxy) is 1. The highest BCUT2D eigenvalue weighted by Crippen LogP contribution is 2.38. The molecule has 0 fully saturated rings. The van der Waals surface area contributed by atoms with Gasteiger partial charge in [0.05, 0.1) is 6.61 Å². The van der Waals surface area contributed by atoms with Gasteiger partial charge in [-0.1, -0.05) is 19.0 Å². The molecule has 1 aliphatic carbocycles. The van der Waals surface area contributed by atoms with Crippen LogP contribution in [0, 0.1) is 0 Å². The van der Waals surface area contributed by atoms with E-state index in [0.717, 1.165) is 0 Å². The van der Waals surface area contributed by atoms with Crippen molar-refractivity contribution in [2.75, 3.05) is 6.61 Å². The van der Waals surface area contributed by atoms with E-state index in [2.05, 4.69) is 5.16 Å². The number of hydrogen-bond acceptors (Lipinski definition) is 5. The van der Waals surface area contributed by atoms with Crippen molar-refractivity contribution in [3.05, 3.63) is 17.0 Å². The molecule has 1 heterocycles. The summed E-state index contributed by atoms with van der Waals surface area (Å²) in [5.41, 5.74) is 0.442. The summed E-state index contributed by atoms with van der Waals surface area (Å²) in [5, 5.41) is 3.69. The summed E-state index contributed by atoms with van der Waals surface area (Å²) in [6.45, 7) is 5.94. The molecule has 1 aromatic rings. The van der Waals surface area contributed by atoms with Crippen molar-refractivity contribution in [1.29, 1.82) is 0 Å². The molecule has 92 valence electrons. The number of rotatable bonds is 2. The third-order valence-electron chi connectivity index (χ3n) is 3.07. The van der Waals surface area contributed by atoms with E-state index in [4.69, 9.17) is 9.26 Å². The van der Waals surface area contributed by atoms with E-state index in [-0.39, 0.29) is 29.3 Å². The van der Waals surface area contributed by atoms with Crippen molar-refractivity contribution in [3.63, 3.8) is 0 Å². The van der Waals surface area contributed by atoms with Crippen molar-refractivity contribution >= 4 is 11.8 Å². The number of nitrogens with zero attached hydrogens (tertiary/aromatic N) is 1. The van der Waals surface area contributed by atoms with Crippen molar-refractivity contribution < 1.29 is 18.8 Å². The number of hydrogen-bond donors (Lipinski definition) is 0. The standard InChI is InChI=1S/C12H15NO4/c1-4-16-11(15)9-8-10(17-13-9)7(14)5-6-12(8,2)3/h4-6H2,1-3H3. The Hall–Kier alpha value is -1.65. The zero-order valence-electron chi connectivity index (χ0n) is 10.2. The number of aromatic nitrogens is 1. The molecule has 0 aromatic carbocycles. The smallest absolute Gasteiger partial charge is 0.360 e. The second-order valence-corrected chi connectivity index (χ2v) is 4.76. The maximum atomic E-state index is 11.7. The van der Waals surface area contributed by atoms with Crippen LogP contribution in [0.25, 0.3) is 0 Å². The summed E-state index contributed by atoms with van der Waals surface area (Å²) in [5.74, 6) is -0.410. The average Bonchev–Trinajstić information content (AvgIpc) is 2.70. The Kier molecular flexibility index (Phi) is 2.77. The molecule has 1 aromatic heterocycles. The molecule has 0 atom stereocenters. The molecule has 0 N–H and O–H groups in total. The minimum atomic E-state index is -0.528. The molecule has 1 aliphatic rings. The van der Waals surface area contributed by atoms with Gasteiger partial charge in [-0.25, -0.2) is 4.79 Å². The molecule has 2 rings (SSSR count). The lowest BCUT2D eigenvalue weighted by Crippen LogP contribution is -2.28. The molecule has 0 radical (unpaired) electrons. The van der Waals surface area contributed by atoms with E-state index in [1.807, 2.05) is 13.8 Å². The molecule has 5 heteroatoms. The summed E-state index contributed by atoms with van der Waals surface area (Å²) in [4.78, 5) is 23.4. The van der Waals surface area contributed by atoms with Crippen LogP contribution in [0.3, 0.4) is 0 Å². The second kappa shape index (κ2) is 3.98. The number of fused-ring (bicyclic) bond motifs is 1. The highest BCUT2D eigenvalue weighted by atomic mass is 16.5. The minimum Gasteiger partial charge on any atom is -0.461 e. The fourth-order valence-corrected chi connectivity index (χ4v) is 2.11. The molecule has 0 amide bonds. The van der Waals surface area contributed by atoms with Crippen LogP contribution in [0.15, 0.2) is 4.52 Å². The Bertz CT molecular complexity index is 473. The van der Waals surface area contributed by atoms with E-state index in [9.17, 15) is 9.59 Å². The summed E-state index contributed by atoms with van der Waals surface area (Å²) < 4.78 is 9.91. The van der Waals surface area contributed by atoms with E-state index < -0.39 is 5.97 Å². The zero-order chi connectivity index (χ0) is 12.6. The van der Waals surface area contributed by atoms with E-state index in [0.29, 0.717) is 18.4 Å². The molecule has 17 heavy (non-hydrogen) atoms. The first-order chi connectivity index (χ1) is 7.97. The van der Waals surface area contributed by atoms with E-state index >= 15 is 0 Å². The lowest BCUT2D eigenvalue weighted by atomic mass is 9.74. The molecule has 0 aliphatic heterocycles. The SMILES string of the molecule is CCOC(=O)c1noc2c1C(C)(C)CCC2=O. The van der Waals surface area contributed by atoms with Gasteiger partial charge in [0, 0.05) is 12.0 Å². The van der Waals surface area contributed by atoms with Gasteiger partial charge in [-0.15, -0.1) is 0 Å². The van der Waals surface area contributed by atoms with Gasteiger partial charge < -0.3 is 9.26 Å². The molecular weight excluding hydrogens is 222 g/mol. The topological polar surface area (TPSA) is 69.4 Å². The molecule has 0 bridgehead atoms. The Morgan fingerprint density at radius 1 is 1.53 bits per heavy atom. The molecule has 0 saturated heterocycles. The van der Waals surface area contributed by atoms with Crippen LogP contribution in [0.4, 0.5) is 0 Å². The zero-order valence-corrected chi connectivity index (χ0v) is 10.2. The quantitative estimate of drug-likeness (QED) is 0.737. The number of ketones is 1. The van der Waals surface area contributed by atoms with Gasteiger partial charge in [-0.3, -0.25) is 4.79 Å². The minimum absolute atomic E-state index is 0.0950. The number of Topliss-reactive ketones (excluding diaryl/α,β-unsaturated/α-hetero) is 1. The Labute approximate surface area is 99.1 Å². The predicted octanol–water partition coefficient (Wildman–Crippen LogP) is 2.11. The van der Waals surface area contributed by atoms with Gasteiger partial charge in [0.15, 0.2) is 5.69 Å².